The molecule has 6 nitrogen and oxygen atoms in total. The molecule has 9 heteroatoms. The molecule has 35 heavy (non-hydrogen) atoms. The largest absolute Gasteiger partial charge is 0.573 e. The summed E-state index contributed by atoms with van der Waals surface area (Å²) < 4.78 is 43.7. The molecule has 1 heterocycles. The summed E-state index contributed by atoms with van der Waals surface area (Å²) in [6.07, 6.45) is 1.30. The van der Waals surface area contributed by atoms with Crippen molar-refractivity contribution < 1.29 is 22.7 Å². The van der Waals surface area contributed by atoms with E-state index >= 15 is 0 Å². The fourth-order valence-corrected chi connectivity index (χ4v) is 5.22. The van der Waals surface area contributed by atoms with Crippen LogP contribution in [0.25, 0.3) is 17.1 Å². The summed E-state index contributed by atoms with van der Waals surface area (Å²) in [4.78, 5) is 15.9. The minimum atomic E-state index is -4.74. The van der Waals surface area contributed by atoms with Gasteiger partial charge < -0.3 is 20.4 Å². The van der Waals surface area contributed by atoms with E-state index in [4.69, 9.17) is 10.7 Å². The highest BCUT2D eigenvalue weighted by Crippen LogP contribution is 2.46. The minimum Gasteiger partial charge on any atom is -0.406 e. The molecular weight excluding hydrogens is 457 g/mol. The van der Waals surface area contributed by atoms with Gasteiger partial charge >= 0.3 is 6.36 Å². The number of nitrogens with one attached hydrogen (secondary N) is 1. The molecule has 3 N–H and O–H groups in total. The van der Waals surface area contributed by atoms with Crippen molar-refractivity contribution >= 4 is 34.7 Å². The zero-order valence-electron chi connectivity index (χ0n) is 19.9. The second-order valence-electron chi connectivity index (χ2n) is 10.1. The molecule has 186 valence electrons. The average Bonchev–Trinajstić information content (AvgIpc) is 3.08. The van der Waals surface area contributed by atoms with Gasteiger partial charge in [-0.25, -0.2) is 4.98 Å². The van der Waals surface area contributed by atoms with Crippen molar-refractivity contribution in [3.05, 3.63) is 54.1 Å². The molecule has 1 amide bonds. The molecule has 1 aromatic heterocycles. The summed E-state index contributed by atoms with van der Waals surface area (Å²) in [6.45, 7) is 6.80. The maximum absolute atomic E-state index is 12.5. The molecular formula is C26H29F3N4O2. The van der Waals surface area contributed by atoms with Crippen molar-refractivity contribution in [2.24, 2.45) is 17.1 Å². The summed E-state index contributed by atoms with van der Waals surface area (Å²) in [5.74, 6) is 0.320. The van der Waals surface area contributed by atoms with Crippen molar-refractivity contribution in [2.75, 3.05) is 5.32 Å². The number of carbonyl (C=O) groups is 1. The maximum Gasteiger partial charge on any atom is 0.573 e. The molecule has 0 bridgehead atoms. The quantitative estimate of drug-likeness (QED) is 0.387. The SMILES string of the molecule is C[C@@H]1C[C@@H](n2c(Nc3ccc(OC(F)(F)F)cc3)nc3cc(/C=C/C(N)=O)ccc32)CC(C)(C)C1. The number of rotatable bonds is 6. The minimum absolute atomic E-state index is 0.164. The monoisotopic (exact) mass is 486 g/mol. The highest BCUT2D eigenvalue weighted by atomic mass is 19.4. The first kappa shape index (κ1) is 24.6. The number of alkyl halides is 3. The Morgan fingerprint density at radius 3 is 2.54 bits per heavy atom. The van der Waals surface area contributed by atoms with Crippen molar-refractivity contribution in [1.82, 2.24) is 9.55 Å². The second kappa shape index (κ2) is 9.28. The standard InChI is InChI=1S/C26H29F3N4O2/c1-16-12-19(15-25(2,3)14-16)33-22-10-4-17(5-11-23(30)34)13-21(22)32-24(33)31-18-6-8-20(9-7-18)35-26(27,28)29/h4-11,13,16,19H,12,14-15H2,1-3H3,(H2,30,34)(H,31,32)/b11-5+/t16-,19-/m1/s1. The van der Waals surface area contributed by atoms with Gasteiger partial charge in [-0.3, -0.25) is 4.79 Å². The number of halogens is 3. The number of imidazole rings is 1. The lowest BCUT2D eigenvalue weighted by Crippen LogP contribution is -2.29. The van der Waals surface area contributed by atoms with Crippen molar-refractivity contribution in [3.8, 4) is 5.75 Å². The molecule has 0 radical (unpaired) electrons. The Morgan fingerprint density at radius 2 is 1.91 bits per heavy atom. The molecule has 1 saturated carbocycles. The van der Waals surface area contributed by atoms with Crippen LogP contribution in [0.1, 0.15) is 51.6 Å². The summed E-state index contributed by atoms with van der Waals surface area (Å²) in [5, 5.41) is 3.28. The highest BCUT2D eigenvalue weighted by Gasteiger charge is 2.35. The first-order chi connectivity index (χ1) is 16.4. The smallest absolute Gasteiger partial charge is 0.406 e. The molecule has 2 atom stereocenters. The van der Waals surface area contributed by atoms with E-state index in [9.17, 15) is 18.0 Å². The van der Waals surface area contributed by atoms with E-state index in [-0.39, 0.29) is 17.2 Å². The van der Waals surface area contributed by atoms with Crippen LogP contribution in [0.2, 0.25) is 0 Å². The van der Waals surface area contributed by atoms with E-state index in [0.29, 0.717) is 17.6 Å². The van der Waals surface area contributed by atoms with Gasteiger partial charge in [-0.2, -0.15) is 0 Å². The van der Waals surface area contributed by atoms with Gasteiger partial charge in [-0.1, -0.05) is 26.8 Å². The number of hydrogen-bond acceptors (Lipinski definition) is 4. The first-order valence-electron chi connectivity index (χ1n) is 11.5. The third kappa shape index (κ3) is 6.15. The predicted molar refractivity (Wildman–Crippen MR) is 130 cm³/mol. The molecule has 0 saturated heterocycles. The highest BCUT2D eigenvalue weighted by molar-refractivity contribution is 5.91. The van der Waals surface area contributed by atoms with Gasteiger partial charge in [0, 0.05) is 17.8 Å². The Labute approximate surface area is 202 Å². The average molecular weight is 487 g/mol. The molecule has 3 aromatic rings. The molecule has 0 unspecified atom stereocenters. The van der Waals surface area contributed by atoms with Crippen molar-refractivity contribution in [2.45, 2.75) is 52.4 Å². The van der Waals surface area contributed by atoms with E-state index in [1.807, 2.05) is 18.2 Å². The lowest BCUT2D eigenvalue weighted by Gasteiger charge is -2.40. The number of ether oxygens (including phenoxy) is 1. The summed E-state index contributed by atoms with van der Waals surface area (Å²) in [5.41, 5.74) is 8.45. The Bertz CT molecular complexity index is 1250. The van der Waals surface area contributed by atoms with Gasteiger partial charge in [0.2, 0.25) is 11.9 Å². The number of anilines is 2. The van der Waals surface area contributed by atoms with Crippen molar-refractivity contribution in [1.29, 1.82) is 0 Å². The molecule has 1 fully saturated rings. The second-order valence-corrected chi connectivity index (χ2v) is 10.1. The number of fused-ring (bicyclic) bond motifs is 1. The van der Waals surface area contributed by atoms with Crippen LogP contribution in [0.3, 0.4) is 0 Å². The molecule has 1 aliphatic rings. The van der Waals surface area contributed by atoms with Gasteiger partial charge in [-0.15, -0.1) is 13.2 Å². The zero-order valence-corrected chi connectivity index (χ0v) is 19.9. The zero-order chi connectivity index (χ0) is 25.4. The Balaban J connectivity index is 1.73. The number of amides is 1. The van der Waals surface area contributed by atoms with E-state index in [0.717, 1.165) is 35.9 Å². The summed E-state index contributed by atoms with van der Waals surface area (Å²) in [7, 11) is 0. The van der Waals surface area contributed by atoms with Crippen LogP contribution < -0.4 is 15.8 Å². The Morgan fingerprint density at radius 1 is 1.20 bits per heavy atom. The number of nitrogens with zero attached hydrogens (tertiary/aromatic N) is 2. The van der Waals surface area contributed by atoms with Gasteiger partial charge in [0.15, 0.2) is 0 Å². The molecule has 2 aromatic carbocycles. The van der Waals surface area contributed by atoms with Crippen LogP contribution in [-0.2, 0) is 4.79 Å². The topological polar surface area (TPSA) is 82.2 Å². The van der Waals surface area contributed by atoms with Crippen LogP contribution in [0.15, 0.2) is 48.5 Å². The number of aromatic nitrogens is 2. The third-order valence-corrected chi connectivity index (χ3v) is 6.23. The summed E-state index contributed by atoms with van der Waals surface area (Å²) in [6, 6.07) is 11.5. The molecule has 1 aliphatic carbocycles. The van der Waals surface area contributed by atoms with Crippen LogP contribution in [0.5, 0.6) is 5.75 Å². The van der Waals surface area contributed by atoms with Gasteiger partial charge in [0.1, 0.15) is 5.75 Å². The molecule has 4 rings (SSSR count). The lowest BCUT2D eigenvalue weighted by atomic mass is 9.70. The number of nitrogens with two attached hydrogens (primary N) is 1. The lowest BCUT2D eigenvalue weighted by molar-refractivity contribution is -0.274. The number of primary amides is 1. The van der Waals surface area contributed by atoms with Crippen LogP contribution >= 0.6 is 0 Å². The van der Waals surface area contributed by atoms with E-state index < -0.39 is 12.3 Å². The maximum atomic E-state index is 12.5. The number of hydrogen-bond donors (Lipinski definition) is 2. The van der Waals surface area contributed by atoms with Crippen LogP contribution in [-0.4, -0.2) is 21.8 Å². The van der Waals surface area contributed by atoms with Gasteiger partial charge in [0.05, 0.1) is 11.0 Å². The Kier molecular flexibility index (Phi) is 6.53. The van der Waals surface area contributed by atoms with E-state index in [1.54, 1.807) is 6.08 Å². The van der Waals surface area contributed by atoms with Crippen LogP contribution in [0.4, 0.5) is 24.8 Å². The predicted octanol–water partition coefficient (Wildman–Crippen LogP) is 6.56. The fraction of sp³-hybridized carbons (Fsp3) is 0.385. The van der Waals surface area contributed by atoms with Gasteiger partial charge in [-0.05, 0) is 78.6 Å². The normalized spacial score (nSPS) is 20.3. The molecule has 0 aliphatic heterocycles. The summed E-state index contributed by atoms with van der Waals surface area (Å²) >= 11 is 0. The third-order valence-electron chi connectivity index (χ3n) is 6.23. The number of carbonyl (C=O) groups excluding carboxylic acids is 1. The fourth-order valence-electron chi connectivity index (χ4n) is 5.22. The van der Waals surface area contributed by atoms with E-state index in [1.165, 1.54) is 30.3 Å². The van der Waals surface area contributed by atoms with E-state index in [2.05, 4.69) is 35.4 Å². The van der Waals surface area contributed by atoms with Gasteiger partial charge in [0.25, 0.3) is 0 Å². The van der Waals surface area contributed by atoms with Crippen LogP contribution in [0, 0.1) is 11.3 Å². The number of benzene rings is 2. The first-order valence-corrected chi connectivity index (χ1v) is 11.5. The molecule has 0 spiro atoms. The Hall–Kier alpha value is -3.49. The van der Waals surface area contributed by atoms with Crippen molar-refractivity contribution in [3.63, 3.8) is 0 Å².